The second-order valence-corrected chi connectivity index (χ2v) is 5.11. The molecule has 1 N–H and O–H groups in total. The fourth-order valence-corrected chi connectivity index (χ4v) is 2.11. The zero-order valence-corrected chi connectivity index (χ0v) is 11.2. The predicted octanol–water partition coefficient (Wildman–Crippen LogP) is 2.34. The molecule has 1 unspecified atom stereocenters. The number of ketones is 1. The van der Waals surface area contributed by atoms with Gasteiger partial charge in [0.25, 0.3) is 5.91 Å². The van der Waals surface area contributed by atoms with E-state index in [0.717, 1.165) is 5.75 Å². The summed E-state index contributed by atoms with van der Waals surface area (Å²) in [4.78, 5) is 23.4. The van der Waals surface area contributed by atoms with Crippen molar-refractivity contribution in [2.45, 2.75) is 19.4 Å². The van der Waals surface area contributed by atoms with Gasteiger partial charge < -0.3 is 10.1 Å². The highest BCUT2D eigenvalue weighted by molar-refractivity contribution is 7.98. The van der Waals surface area contributed by atoms with Crippen LogP contribution in [0.1, 0.15) is 23.7 Å². The first kappa shape index (κ1) is 13.0. The first-order valence-corrected chi connectivity index (χ1v) is 7.15. The van der Waals surface area contributed by atoms with Gasteiger partial charge in [-0.15, -0.1) is 0 Å². The number of fused-ring (bicyclic) bond motifs is 1. The number of anilines is 1. The fourth-order valence-electron chi connectivity index (χ4n) is 1.72. The molecule has 0 spiro atoms. The van der Waals surface area contributed by atoms with Crippen molar-refractivity contribution in [1.82, 2.24) is 0 Å². The van der Waals surface area contributed by atoms with Crippen LogP contribution in [0.5, 0.6) is 5.75 Å². The molecule has 0 aliphatic carbocycles. The average Bonchev–Trinajstić information content (AvgIpc) is 2.36. The van der Waals surface area contributed by atoms with Gasteiger partial charge in [-0.2, -0.15) is 11.8 Å². The van der Waals surface area contributed by atoms with Gasteiger partial charge in [-0.3, -0.25) is 9.59 Å². The molecule has 0 radical (unpaired) electrons. The first-order valence-electron chi connectivity index (χ1n) is 5.75. The maximum absolute atomic E-state index is 11.9. The van der Waals surface area contributed by atoms with Gasteiger partial charge in [0.1, 0.15) is 5.75 Å². The Morgan fingerprint density at radius 2 is 2.28 bits per heavy atom. The molecule has 0 fully saturated rings. The second kappa shape index (κ2) is 5.44. The van der Waals surface area contributed by atoms with Gasteiger partial charge >= 0.3 is 0 Å². The van der Waals surface area contributed by atoms with Crippen molar-refractivity contribution in [2.75, 3.05) is 17.3 Å². The number of Topliss-reactive ketones (excluding diaryl/α,β-unsaturated/α-hetero) is 1. The van der Waals surface area contributed by atoms with Gasteiger partial charge in [-0.1, -0.05) is 0 Å². The molecule has 5 heteroatoms. The molecular weight excluding hydrogens is 250 g/mol. The minimum Gasteiger partial charge on any atom is -0.479 e. The Balaban J connectivity index is 2.19. The van der Waals surface area contributed by atoms with E-state index in [1.54, 1.807) is 36.9 Å². The number of nitrogens with one attached hydrogen (secondary N) is 1. The van der Waals surface area contributed by atoms with Crippen molar-refractivity contribution in [2.24, 2.45) is 0 Å². The summed E-state index contributed by atoms with van der Waals surface area (Å²) < 4.78 is 5.43. The van der Waals surface area contributed by atoms with E-state index < -0.39 is 6.10 Å². The molecule has 2 rings (SSSR count). The monoisotopic (exact) mass is 265 g/mol. The van der Waals surface area contributed by atoms with Crippen molar-refractivity contribution in [1.29, 1.82) is 0 Å². The van der Waals surface area contributed by atoms with Crippen LogP contribution in [-0.4, -0.2) is 29.8 Å². The molecule has 1 heterocycles. The molecule has 0 saturated heterocycles. The Morgan fingerprint density at radius 1 is 1.50 bits per heavy atom. The standard InChI is InChI=1S/C13H15NO3S/c1-8-13(16)14-10-7-9(3-4-12(10)17-8)11(15)5-6-18-2/h3-4,7-8H,5-6H2,1-2H3,(H,14,16). The maximum atomic E-state index is 11.9. The highest BCUT2D eigenvalue weighted by Crippen LogP contribution is 2.30. The lowest BCUT2D eigenvalue weighted by Gasteiger charge is -2.23. The zero-order valence-electron chi connectivity index (χ0n) is 10.4. The summed E-state index contributed by atoms with van der Waals surface area (Å²) in [6.45, 7) is 1.69. The minimum absolute atomic E-state index is 0.0834. The van der Waals surface area contributed by atoms with Gasteiger partial charge in [0.15, 0.2) is 11.9 Å². The van der Waals surface area contributed by atoms with Crippen molar-refractivity contribution in [3.05, 3.63) is 23.8 Å². The number of ether oxygens (including phenoxy) is 1. The van der Waals surface area contributed by atoms with E-state index in [0.29, 0.717) is 23.4 Å². The third kappa shape index (κ3) is 2.67. The molecule has 0 aromatic heterocycles. The molecule has 4 nitrogen and oxygen atoms in total. The van der Waals surface area contributed by atoms with Crippen LogP contribution in [0.4, 0.5) is 5.69 Å². The number of amides is 1. The van der Waals surface area contributed by atoms with Crippen LogP contribution in [0.2, 0.25) is 0 Å². The average molecular weight is 265 g/mol. The SMILES string of the molecule is CSCCC(=O)c1ccc2c(c1)NC(=O)C(C)O2. The first-order chi connectivity index (χ1) is 8.61. The summed E-state index contributed by atoms with van der Waals surface area (Å²) in [6.07, 6.45) is 1.98. The van der Waals surface area contributed by atoms with Crippen LogP contribution in [-0.2, 0) is 4.79 Å². The maximum Gasteiger partial charge on any atom is 0.265 e. The topological polar surface area (TPSA) is 55.4 Å². The minimum atomic E-state index is -0.490. The van der Waals surface area contributed by atoms with E-state index in [1.807, 2.05) is 6.26 Å². The van der Waals surface area contributed by atoms with Crippen molar-refractivity contribution < 1.29 is 14.3 Å². The lowest BCUT2D eigenvalue weighted by Crippen LogP contribution is -2.34. The molecular formula is C13H15NO3S. The molecule has 1 aliphatic heterocycles. The summed E-state index contributed by atoms with van der Waals surface area (Å²) >= 11 is 1.64. The highest BCUT2D eigenvalue weighted by Gasteiger charge is 2.24. The van der Waals surface area contributed by atoms with E-state index >= 15 is 0 Å². The lowest BCUT2D eigenvalue weighted by atomic mass is 10.1. The fraction of sp³-hybridized carbons (Fsp3) is 0.385. The van der Waals surface area contributed by atoms with E-state index in [9.17, 15) is 9.59 Å². The van der Waals surface area contributed by atoms with E-state index in [4.69, 9.17) is 4.74 Å². The molecule has 1 aromatic carbocycles. The zero-order chi connectivity index (χ0) is 13.1. The van der Waals surface area contributed by atoms with Crippen LogP contribution < -0.4 is 10.1 Å². The Kier molecular flexibility index (Phi) is 3.91. The summed E-state index contributed by atoms with van der Waals surface area (Å²) in [5.41, 5.74) is 1.19. The third-order valence-electron chi connectivity index (χ3n) is 2.77. The second-order valence-electron chi connectivity index (χ2n) is 4.13. The van der Waals surface area contributed by atoms with Gasteiger partial charge in [0.2, 0.25) is 0 Å². The van der Waals surface area contributed by atoms with Crippen LogP contribution in [0, 0.1) is 0 Å². The van der Waals surface area contributed by atoms with Crippen LogP contribution in [0.15, 0.2) is 18.2 Å². The van der Waals surface area contributed by atoms with E-state index in [1.165, 1.54) is 0 Å². The van der Waals surface area contributed by atoms with Crippen LogP contribution in [0.25, 0.3) is 0 Å². The Morgan fingerprint density at radius 3 is 3.00 bits per heavy atom. The molecule has 0 bridgehead atoms. The molecule has 1 aromatic rings. The van der Waals surface area contributed by atoms with Gasteiger partial charge in [0, 0.05) is 17.7 Å². The van der Waals surface area contributed by atoms with Crippen LogP contribution >= 0.6 is 11.8 Å². The number of benzene rings is 1. The Bertz CT molecular complexity index is 487. The largest absolute Gasteiger partial charge is 0.479 e. The van der Waals surface area contributed by atoms with E-state index in [2.05, 4.69) is 5.32 Å². The Labute approximate surface area is 110 Å². The number of thioether (sulfide) groups is 1. The van der Waals surface area contributed by atoms with Gasteiger partial charge in [-0.25, -0.2) is 0 Å². The van der Waals surface area contributed by atoms with Crippen molar-refractivity contribution in [3.8, 4) is 5.75 Å². The number of rotatable bonds is 4. The molecule has 0 saturated carbocycles. The number of hydrogen-bond donors (Lipinski definition) is 1. The lowest BCUT2D eigenvalue weighted by molar-refractivity contribution is -0.122. The summed E-state index contributed by atoms with van der Waals surface area (Å²) in [5, 5.41) is 2.74. The van der Waals surface area contributed by atoms with E-state index in [-0.39, 0.29) is 11.7 Å². The van der Waals surface area contributed by atoms with Crippen molar-refractivity contribution >= 4 is 29.1 Å². The number of carbonyl (C=O) groups excluding carboxylic acids is 2. The normalized spacial score (nSPS) is 17.7. The number of carbonyl (C=O) groups is 2. The summed E-state index contributed by atoms with van der Waals surface area (Å²) in [6, 6.07) is 5.16. The highest BCUT2D eigenvalue weighted by atomic mass is 32.2. The van der Waals surface area contributed by atoms with Crippen LogP contribution in [0.3, 0.4) is 0 Å². The molecule has 1 atom stereocenters. The quantitative estimate of drug-likeness (QED) is 0.849. The van der Waals surface area contributed by atoms with Gasteiger partial charge in [0.05, 0.1) is 5.69 Å². The predicted molar refractivity (Wildman–Crippen MR) is 72.5 cm³/mol. The third-order valence-corrected chi connectivity index (χ3v) is 3.38. The van der Waals surface area contributed by atoms with Crippen molar-refractivity contribution in [3.63, 3.8) is 0 Å². The summed E-state index contributed by atoms with van der Waals surface area (Å²) in [5.74, 6) is 1.32. The summed E-state index contributed by atoms with van der Waals surface area (Å²) in [7, 11) is 0. The molecule has 1 amide bonds. The smallest absolute Gasteiger partial charge is 0.265 e. The number of hydrogen-bond acceptors (Lipinski definition) is 4. The Hall–Kier alpha value is -1.49. The molecule has 96 valence electrons. The molecule has 18 heavy (non-hydrogen) atoms. The van der Waals surface area contributed by atoms with Gasteiger partial charge in [-0.05, 0) is 31.4 Å². The molecule has 1 aliphatic rings.